The average Bonchev–Trinajstić information content (AvgIpc) is 2.81. The number of nitrogens with zero attached hydrogens (tertiary/aromatic N) is 4. The minimum Gasteiger partial charge on any atom is -0.481 e. The molecule has 1 fully saturated rings. The molecule has 0 aromatic carbocycles. The number of pyridine rings is 1. The second kappa shape index (κ2) is 5.40. The van der Waals surface area contributed by atoms with Gasteiger partial charge in [0, 0.05) is 31.7 Å². The minimum atomic E-state index is -0.839. The lowest BCUT2D eigenvalue weighted by Crippen LogP contribution is -2.42. The first-order valence-corrected chi connectivity index (χ1v) is 7.29. The molecule has 0 spiro atoms. The predicted octanol–water partition coefficient (Wildman–Crippen LogP) is 1.21. The highest BCUT2D eigenvalue weighted by Crippen LogP contribution is 2.21. The lowest BCUT2D eigenvalue weighted by Gasteiger charge is -2.30. The van der Waals surface area contributed by atoms with Crippen LogP contribution in [0.15, 0.2) is 12.3 Å². The van der Waals surface area contributed by atoms with E-state index in [0.717, 1.165) is 16.7 Å². The molecule has 2 aromatic heterocycles. The van der Waals surface area contributed by atoms with Crippen molar-refractivity contribution in [2.75, 3.05) is 13.1 Å². The van der Waals surface area contributed by atoms with Gasteiger partial charge in [0.2, 0.25) is 0 Å². The first-order chi connectivity index (χ1) is 10.5. The summed E-state index contributed by atoms with van der Waals surface area (Å²) in [6.45, 7) is 2.73. The summed E-state index contributed by atoms with van der Waals surface area (Å²) in [5, 5.41) is 14.3. The monoisotopic (exact) mass is 302 g/mol. The van der Waals surface area contributed by atoms with Crippen LogP contribution in [0.2, 0.25) is 0 Å². The van der Waals surface area contributed by atoms with Crippen molar-refractivity contribution in [2.45, 2.75) is 19.8 Å². The van der Waals surface area contributed by atoms with Gasteiger partial charge >= 0.3 is 5.97 Å². The summed E-state index contributed by atoms with van der Waals surface area (Å²) in [7, 11) is 1.81. The molecule has 3 rings (SSSR count). The molecule has 1 aliphatic heterocycles. The van der Waals surface area contributed by atoms with E-state index >= 15 is 0 Å². The van der Waals surface area contributed by atoms with Crippen molar-refractivity contribution >= 4 is 22.9 Å². The third-order valence-corrected chi connectivity index (χ3v) is 4.17. The number of fused-ring (bicyclic) bond motifs is 1. The Bertz CT molecular complexity index is 753. The molecule has 7 nitrogen and oxygen atoms in total. The molecule has 0 radical (unpaired) electrons. The Morgan fingerprint density at radius 2 is 2.18 bits per heavy atom. The molecule has 1 aliphatic rings. The number of carboxylic acids is 1. The number of carbonyl (C=O) groups is 2. The van der Waals surface area contributed by atoms with E-state index < -0.39 is 11.9 Å². The highest BCUT2D eigenvalue weighted by atomic mass is 16.4. The van der Waals surface area contributed by atoms with E-state index in [-0.39, 0.29) is 12.5 Å². The minimum absolute atomic E-state index is 0.163. The van der Waals surface area contributed by atoms with Crippen LogP contribution in [-0.4, -0.2) is 49.7 Å². The van der Waals surface area contributed by atoms with E-state index in [1.807, 2.05) is 14.0 Å². The number of rotatable bonds is 2. The fraction of sp³-hybridized carbons (Fsp3) is 0.467. The van der Waals surface area contributed by atoms with Gasteiger partial charge in [0.1, 0.15) is 0 Å². The van der Waals surface area contributed by atoms with Gasteiger partial charge < -0.3 is 10.0 Å². The summed E-state index contributed by atoms with van der Waals surface area (Å²) >= 11 is 0. The van der Waals surface area contributed by atoms with E-state index in [1.165, 1.54) is 6.20 Å². The average molecular weight is 302 g/mol. The highest BCUT2D eigenvalue weighted by Gasteiger charge is 2.29. The summed E-state index contributed by atoms with van der Waals surface area (Å²) in [4.78, 5) is 29.6. The van der Waals surface area contributed by atoms with Crippen molar-refractivity contribution in [1.82, 2.24) is 19.7 Å². The molecule has 2 aromatic rings. The summed E-state index contributed by atoms with van der Waals surface area (Å²) in [5.74, 6) is -1.48. The number of likely N-dealkylation sites (tertiary alicyclic amines) is 1. The van der Waals surface area contributed by atoms with Crippen LogP contribution in [-0.2, 0) is 11.8 Å². The van der Waals surface area contributed by atoms with Gasteiger partial charge in [-0.05, 0) is 25.8 Å². The van der Waals surface area contributed by atoms with Gasteiger partial charge in [-0.2, -0.15) is 5.10 Å². The lowest BCUT2D eigenvalue weighted by atomic mass is 9.98. The number of aryl methyl sites for hydroxylation is 2. The molecule has 1 saturated heterocycles. The highest BCUT2D eigenvalue weighted by molar-refractivity contribution is 5.97. The molecule has 0 saturated carbocycles. The summed E-state index contributed by atoms with van der Waals surface area (Å²) in [6, 6.07) is 1.79. The maximum absolute atomic E-state index is 12.6. The van der Waals surface area contributed by atoms with Crippen molar-refractivity contribution in [1.29, 1.82) is 0 Å². The van der Waals surface area contributed by atoms with Crippen molar-refractivity contribution in [3.63, 3.8) is 0 Å². The predicted molar refractivity (Wildman–Crippen MR) is 79.5 cm³/mol. The van der Waals surface area contributed by atoms with Crippen LogP contribution < -0.4 is 0 Å². The molecular weight excluding hydrogens is 284 g/mol. The topological polar surface area (TPSA) is 88.3 Å². The maximum atomic E-state index is 12.6. The SMILES string of the molecule is Cc1nn(C)c2ncc(C(=O)N3CCC[C@H](C(=O)O)C3)cc12. The molecule has 1 atom stereocenters. The van der Waals surface area contributed by atoms with Crippen LogP contribution in [0, 0.1) is 12.8 Å². The van der Waals surface area contributed by atoms with Crippen molar-refractivity contribution in [2.24, 2.45) is 13.0 Å². The van der Waals surface area contributed by atoms with Gasteiger partial charge in [0.15, 0.2) is 5.65 Å². The zero-order valence-electron chi connectivity index (χ0n) is 12.6. The van der Waals surface area contributed by atoms with Crippen LogP contribution in [0.3, 0.4) is 0 Å². The number of hydrogen-bond acceptors (Lipinski definition) is 4. The van der Waals surface area contributed by atoms with Gasteiger partial charge in [0.05, 0.1) is 17.2 Å². The van der Waals surface area contributed by atoms with Crippen LogP contribution in [0.5, 0.6) is 0 Å². The van der Waals surface area contributed by atoms with Gasteiger partial charge in [-0.25, -0.2) is 4.98 Å². The third-order valence-electron chi connectivity index (χ3n) is 4.17. The molecule has 1 amide bonds. The molecule has 1 N–H and O–H groups in total. The van der Waals surface area contributed by atoms with Gasteiger partial charge in [-0.3, -0.25) is 14.3 Å². The van der Waals surface area contributed by atoms with Crippen molar-refractivity contribution in [3.05, 3.63) is 23.5 Å². The van der Waals surface area contributed by atoms with E-state index in [2.05, 4.69) is 10.1 Å². The van der Waals surface area contributed by atoms with Crippen LogP contribution in [0.4, 0.5) is 0 Å². The second-order valence-electron chi connectivity index (χ2n) is 5.73. The number of aliphatic carboxylic acids is 1. The second-order valence-corrected chi connectivity index (χ2v) is 5.73. The number of carbonyl (C=O) groups excluding carboxylic acids is 1. The van der Waals surface area contributed by atoms with E-state index in [4.69, 9.17) is 5.11 Å². The quantitative estimate of drug-likeness (QED) is 0.901. The van der Waals surface area contributed by atoms with Crippen LogP contribution in [0.1, 0.15) is 28.9 Å². The number of aromatic nitrogens is 3. The Kier molecular flexibility index (Phi) is 3.56. The Hall–Kier alpha value is -2.44. The fourth-order valence-electron chi connectivity index (χ4n) is 2.97. The number of piperidine rings is 1. The van der Waals surface area contributed by atoms with Crippen LogP contribution >= 0.6 is 0 Å². The van der Waals surface area contributed by atoms with Crippen molar-refractivity contribution in [3.8, 4) is 0 Å². The molecule has 116 valence electrons. The standard InChI is InChI=1S/C15H18N4O3/c1-9-12-6-11(7-16-13(12)18(2)17-9)14(20)19-5-3-4-10(8-19)15(21)22/h6-7,10H,3-5,8H2,1-2H3,(H,21,22)/t10-/m0/s1. The Morgan fingerprint density at radius 1 is 1.41 bits per heavy atom. The smallest absolute Gasteiger partial charge is 0.308 e. The molecule has 7 heteroatoms. The van der Waals surface area contributed by atoms with Gasteiger partial charge in [0.25, 0.3) is 5.91 Å². The first-order valence-electron chi connectivity index (χ1n) is 7.29. The normalized spacial score (nSPS) is 18.6. The van der Waals surface area contributed by atoms with E-state index in [1.54, 1.807) is 15.6 Å². The number of carboxylic acid groups (broad SMARTS) is 1. The maximum Gasteiger partial charge on any atom is 0.308 e. The lowest BCUT2D eigenvalue weighted by molar-refractivity contribution is -0.143. The number of hydrogen-bond donors (Lipinski definition) is 1. The summed E-state index contributed by atoms with van der Waals surface area (Å²) in [5.41, 5.74) is 2.03. The molecule has 0 unspecified atom stereocenters. The molecule has 0 bridgehead atoms. The van der Waals surface area contributed by atoms with E-state index in [0.29, 0.717) is 24.9 Å². The fourth-order valence-corrected chi connectivity index (χ4v) is 2.97. The molecule has 3 heterocycles. The largest absolute Gasteiger partial charge is 0.481 e. The number of amides is 1. The molecule has 0 aliphatic carbocycles. The molecule has 22 heavy (non-hydrogen) atoms. The van der Waals surface area contributed by atoms with Crippen LogP contribution in [0.25, 0.3) is 11.0 Å². The zero-order chi connectivity index (χ0) is 15.9. The summed E-state index contributed by atoms with van der Waals surface area (Å²) < 4.78 is 1.68. The Morgan fingerprint density at radius 3 is 2.91 bits per heavy atom. The zero-order valence-corrected chi connectivity index (χ0v) is 12.6. The first kappa shape index (κ1) is 14.5. The molecular formula is C15H18N4O3. The van der Waals surface area contributed by atoms with Gasteiger partial charge in [-0.1, -0.05) is 0 Å². The van der Waals surface area contributed by atoms with Crippen molar-refractivity contribution < 1.29 is 14.7 Å². The Balaban J connectivity index is 1.88. The third kappa shape index (κ3) is 2.43. The Labute approximate surface area is 127 Å². The van der Waals surface area contributed by atoms with E-state index in [9.17, 15) is 9.59 Å². The summed E-state index contributed by atoms with van der Waals surface area (Å²) in [6.07, 6.45) is 2.87. The van der Waals surface area contributed by atoms with Gasteiger partial charge in [-0.15, -0.1) is 0 Å².